The number of anilines is 2. The second-order valence-electron chi connectivity index (χ2n) is 13.1. The molecule has 54 heavy (non-hydrogen) atoms. The van der Waals surface area contributed by atoms with Crippen molar-refractivity contribution < 1.29 is 14.3 Å². The Morgan fingerprint density at radius 2 is 1.63 bits per heavy atom. The first-order chi connectivity index (χ1) is 26.4. The number of unbranched alkanes of at least 4 members (excludes halogenated alkanes) is 3. The number of rotatable bonds is 13. The molecule has 0 unspecified atom stereocenters. The van der Waals surface area contributed by atoms with Gasteiger partial charge >= 0.3 is 0 Å². The number of nitrogens with zero attached hydrogens (tertiary/aromatic N) is 3. The number of para-hydroxylation sites is 1. The van der Waals surface area contributed by atoms with Crippen LogP contribution in [0, 0.1) is 0 Å². The zero-order valence-corrected chi connectivity index (χ0v) is 33.6. The number of thiocarbonyl (C=S) groups is 1. The summed E-state index contributed by atoms with van der Waals surface area (Å²) in [5.74, 6) is -0.252. The third kappa shape index (κ3) is 7.95. The Balaban J connectivity index is 1.27. The number of thiophene rings is 1. The number of fused-ring (bicyclic) bond motifs is 2. The van der Waals surface area contributed by atoms with Crippen LogP contribution in [0.25, 0.3) is 22.6 Å². The molecule has 0 atom stereocenters. The molecule has 1 saturated heterocycles. The highest BCUT2D eigenvalue weighted by atomic mass is 32.2. The first-order valence-corrected chi connectivity index (χ1v) is 21.2. The summed E-state index contributed by atoms with van der Waals surface area (Å²) >= 11 is 9.39. The molecule has 7 nitrogen and oxygen atoms in total. The van der Waals surface area contributed by atoms with E-state index in [1.165, 1.54) is 62.6 Å². The number of thiazole rings is 1. The minimum atomic E-state index is -0.334. The molecular formula is C43H41N3O4S4. The monoisotopic (exact) mass is 791 g/mol. The predicted molar refractivity (Wildman–Crippen MR) is 229 cm³/mol. The minimum Gasteiger partial charge on any atom is -0.446 e. The van der Waals surface area contributed by atoms with E-state index in [0.29, 0.717) is 31.4 Å². The highest BCUT2D eigenvalue weighted by Crippen LogP contribution is 2.38. The smallest absolute Gasteiger partial charge is 0.294 e. The van der Waals surface area contributed by atoms with Crippen molar-refractivity contribution in [2.45, 2.75) is 59.1 Å². The van der Waals surface area contributed by atoms with E-state index in [-0.39, 0.29) is 18.2 Å². The van der Waals surface area contributed by atoms with Gasteiger partial charge in [0.25, 0.3) is 17.9 Å². The SMILES string of the molecule is CCCCCCN1c2ccccc2CCc2cc(/C=C(\c3ccccc3)c3ccc(/C=c4/s/c(=C5/SC(=S)N(CC)C5=O)n(COC=O)c4=O)s3)ccc21. The number of hydrogen-bond donors (Lipinski definition) is 0. The van der Waals surface area contributed by atoms with Gasteiger partial charge in [0.05, 0.1) is 4.53 Å². The van der Waals surface area contributed by atoms with Crippen LogP contribution >= 0.6 is 46.7 Å². The van der Waals surface area contributed by atoms with Crippen molar-refractivity contribution in [2.24, 2.45) is 0 Å². The summed E-state index contributed by atoms with van der Waals surface area (Å²) in [6.45, 7) is 5.55. The van der Waals surface area contributed by atoms with Gasteiger partial charge in [0.2, 0.25) is 0 Å². The fourth-order valence-electron chi connectivity index (χ4n) is 6.98. The molecule has 0 bridgehead atoms. The van der Waals surface area contributed by atoms with Crippen molar-refractivity contribution >= 4 is 97.4 Å². The molecule has 0 N–H and O–H groups in total. The number of ether oxygens (including phenoxy) is 1. The number of carbonyl (C=O) groups is 2. The molecule has 2 aromatic heterocycles. The number of benzene rings is 3. The number of carbonyl (C=O) groups excluding carboxylic acids is 2. The van der Waals surface area contributed by atoms with E-state index in [1.54, 1.807) is 11.3 Å². The Labute approximate surface area is 332 Å². The predicted octanol–water partition coefficient (Wildman–Crippen LogP) is 8.32. The Hall–Kier alpha value is -4.55. The molecule has 1 amide bonds. The van der Waals surface area contributed by atoms with Gasteiger partial charge in [-0.1, -0.05) is 105 Å². The van der Waals surface area contributed by atoms with E-state index in [2.05, 4.69) is 90.7 Å². The van der Waals surface area contributed by atoms with E-state index in [1.807, 2.05) is 25.1 Å². The molecule has 4 heterocycles. The summed E-state index contributed by atoms with van der Waals surface area (Å²) in [6, 6.07) is 30.2. The van der Waals surface area contributed by atoms with Gasteiger partial charge in [0, 0.05) is 34.2 Å². The van der Waals surface area contributed by atoms with Crippen LogP contribution in [0.5, 0.6) is 0 Å². The highest BCUT2D eigenvalue weighted by Gasteiger charge is 2.33. The largest absolute Gasteiger partial charge is 0.446 e. The topological polar surface area (TPSA) is 71.8 Å². The molecule has 1 fully saturated rings. The first-order valence-electron chi connectivity index (χ1n) is 18.3. The van der Waals surface area contributed by atoms with Crippen molar-refractivity contribution in [1.82, 2.24) is 9.47 Å². The summed E-state index contributed by atoms with van der Waals surface area (Å²) in [5, 5.41) is 0. The second-order valence-corrected chi connectivity index (χ2v) is 16.9. The van der Waals surface area contributed by atoms with Crippen molar-refractivity contribution in [3.05, 3.63) is 136 Å². The zero-order valence-electron chi connectivity index (χ0n) is 30.3. The fourth-order valence-corrected chi connectivity index (χ4v) is 10.7. The molecule has 0 aliphatic carbocycles. The van der Waals surface area contributed by atoms with Crippen molar-refractivity contribution in [1.29, 1.82) is 0 Å². The second kappa shape index (κ2) is 17.3. The zero-order chi connectivity index (χ0) is 37.6. The van der Waals surface area contributed by atoms with E-state index in [0.717, 1.165) is 64.0 Å². The maximum absolute atomic E-state index is 13.7. The Bertz CT molecular complexity index is 2410. The van der Waals surface area contributed by atoms with Crippen LogP contribution in [-0.4, -0.2) is 39.3 Å². The molecule has 276 valence electrons. The molecule has 2 aliphatic heterocycles. The Morgan fingerprint density at radius 1 is 0.852 bits per heavy atom. The third-order valence-corrected chi connectivity index (χ3v) is 13.4. The molecule has 11 heteroatoms. The van der Waals surface area contributed by atoms with E-state index in [9.17, 15) is 14.4 Å². The van der Waals surface area contributed by atoms with E-state index in [4.69, 9.17) is 17.0 Å². The Morgan fingerprint density at radius 3 is 2.41 bits per heavy atom. The van der Waals surface area contributed by atoms with Crippen molar-refractivity contribution in [3.63, 3.8) is 0 Å². The van der Waals surface area contributed by atoms with E-state index >= 15 is 0 Å². The lowest BCUT2D eigenvalue weighted by Gasteiger charge is -2.27. The average molecular weight is 792 g/mol. The van der Waals surface area contributed by atoms with Gasteiger partial charge < -0.3 is 9.64 Å². The van der Waals surface area contributed by atoms with Crippen LogP contribution in [0.4, 0.5) is 11.4 Å². The molecular weight excluding hydrogens is 751 g/mol. The average Bonchev–Trinajstić information content (AvgIpc) is 3.83. The number of thioether (sulfide) groups is 1. The van der Waals surface area contributed by atoms with Crippen LogP contribution < -0.4 is 19.7 Å². The lowest BCUT2D eigenvalue weighted by atomic mass is 9.98. The van der Waals surface area contributed by atoms with Crippen LogP contribution in [0.3, 0.4) is 0 Å². The number of amides is 1. The summed E-state index contributed by atoms with van der Waals surface area (Å²) in [4.78, 5) is 44.3. The van der Waals surface area contributed by atoms with Gasteiger partial charge in [-0.15, -0.1) is 22.7 Å². The van der Waals surface area contributed by atoms with Gasteiger partial charge in [0.1, 0.15) is 13.9 Å². The van der Waals surface area contributed by atoms with Crippen LogP contribution in [0.2, 0.25) is 0 Å². The number of hydrogen-bond acceptors (Lipinski definition) is 9. The molecule has 5 aromatic rings. The lowest BCUT2D eigenvalue weighted by molar-refractivity contribution is -0.132. The van der Waals surface area contributed by atoms with Crippen LogP contribution in [0.1, 0.15) is 71.5 Å². The summed E-state index contributed by atoms with van der Waals surface area (Å²) in [6.07, 6.45) is 11.0. The normalized spacial score (nSPS) is 15.7. The summed E-state index contributed by atoms with van der Waals surface area (Å²) in [5.41, 5.74) is 8.36. The molecule has 2 aliphatic rings. The minimum absolute atomic E-state index is 0.252. The third-order valence-electron chi connectivity index (χ3n) is 9.68. The van der Waals surface area contributed by atoms with Crippen LogP contribution in [-0.2, 0) is 33.9 Å². The summed E-state index contributed by atoms with van der Waals surface area (Å²) in [7, 11) is 0. The Kier molecular flexibility index (Phi) is 12.1. The van der Waals surface area contributed by atoms with E-state index < -0.39 is 0 Å². The number of aromatic nitrogens is 1. The molecule has 0 radical (unpaired) electrons. The van der Waals surface area contributed by atoms with Gasteiger partial charge in [-0.25, -0.2) is 0 Å². The maximum Gasteiger partial charge on any atom is 0.294 e. The molecule has 3 aromatic carbocycles. The van der Waals surface area contributed by atoms with Crippen molar-refractivity contribution in [2.75, 3.05) is 18.0 Å². The summed E-state index contributed by atoms with van der Waals surface area (Å²) < 4.78 is 7.63. The van der Waals surface area contributed by atoms with Gasteiger partial charge in [-0.3, -0.25) is 23.9 Å². The first kappa shape index (κ1) is 37.8. The fraction of sp³-hybridized carbons (Fsp3) is 0.256. The molecule has 0 spiro atoms. The number of aryl methyl sites for hydroxylation is 2. The molecule has 7 rings (SSSR count). The maximum atomic E-state index is 13.7. The van der Waals surface area contributed by atoms with Crippen LogP contribution in [0.15, 0.2) is 89.7 Å². The standard InChI is InChI=1S/C43H41N3O4S4/c1-3-5-6-12-23-45-35-16-11-10-15-31(35)18-19-32-24-29(17-21-36(32)45)25-34(30-13-8-7-9-14-30)37-22-20-33(52-37)26-38-40(48)46(27-50-28-47)42(53-38)39-41(49)44(4-2)43(51)54-39/h7-11,13-17,20-22,24-26,28H,3-6,12,18-19,23,27H2,1-2H3/b34-25+,38-26+,42-39+. The quantitative estimate of drug-likeness (QED) is 0.0514. The molecule has 0 saturated carbocycles. The van der Waals surface area contributed by atoms with Crippen molar-refractivity contribution in [3.8, 4) is 0 Å². The highest BCUT2D eigenvalue weighted by molar-refractivity contribution is 8.30. The van der Waals surface area contributed by atoms with Gasteiger partial charge in [-0.05, 0) is 96.5 Å². The lowest BCUT2D eigenvalue weighted by Crippen LogP contribution is -2.34. The van der Waals surface area contributed by atoms with Gasteiger partial charge in [-0.2, -0.15) is 0 Å². The van der Waals surface area contributed by atoms with Gasteiger partial charge in [0.15, 0.2) is 6.73 Å².